The minimum Gasteiger partial charge on any atom is -0.383 e. The maximum absolute atomic E-state index is 13.5. The van der Waals surface area contributed by atoms with Crippen LogP contribution in [-0.2, 0) is 16.9 Å². The van der Waals surface area contributed by atoms with Gasteiger partial charge in [-0.15, -0.1) is 5.10 Å². The Kier molecular flexibility index (Phi) is 4.38. The van der Waals surface area contributed by atoms with Crippen molar-refractivity contribution in [3.8, 4) is 0 Å². The number of halogens is 1. The molecule has 1 amide bonds. The summed E-state index contributed by atoms with van der Waals surface area (Å²) in [5, 5.41) is 21.0. The average molecular weight is 318 g/mol. The Morgan fingerprint density at radius 2 is 2.04 bits per heavy atom. The summed E-state index contributed by atoms with van der Waals surface area (Å²) >= 11 is 0. The highest BCUT2D eigenvalue weighted by molar-refractivity contribution is 5.90. The number of carbonyl (C=O) groups excluding carboxylic acids is 1. The number of hydrogen-bond donors (Lipinski definition) is 2. The maximum atomic E-state index is 13.5. The lowest BCUT2D eigenvalue weighted by Crippen LogP contribution is -2.28. The summed E-state index contributed by atoms with van der Waals surface area (Å²) in [6.45, 7) is -0.0859. The summed E-state index contributed by atoms with van der Waals surface area (Å²) < 4.78 is 14.9. The quantitative estimate of drug-likeness (QED) is 0.906. The van der Waals surface area contributed by atoms with Crippen molar-refractivity contribution in [3.05, 3.63) is 42.0 Å². The van der Waals surface area contributed by atoms with E-state index in [4.69, 9.17) is 0 Å². The Morgan fingerprint density at radius 3 is 2.78 bits per heavy atom. The minimum atomic E-state index is -0.946. The molecule has 1 heterocycles. The molecule has 122 valence electrons. The number of benzene rings is 1. The zero-order chi connectivity index (χ0) is 16.3. The zero-order valence-corrected chi connectivity index (χ0v) is 12.7. The topological polar surface area (TPSA) is 80.0 Å². The fourth-order valence-electron chi connectivity index (χ4n) is 2.88. The van der Waals surface area contributed by atoms with Crippen LogP contribution in [0.3, 0.4) is 0 Å². The number of carbonyl (C=O) groups is 1. The number of aromatic nitrogens is 3. The Balaban J connectivity index is 1.65. The fraction of sp³-hybridized carbons (Fsp3) is 0.438. The van der Waals surface area contributed by atoms with Crippen molar-refractivity contribution >= 4 is 11.6 Å². The van der Waals surface area contributed by atoms with E-state index in [1.54, 1.807) is 18.3 Å². The summed E-state index contributed by atoms with van der Waals surface area (Å²) in [5.41, 5.74) is -0.321. The second-order valence-electron chi connectivity index (χ2n) is 5.92. The number of nitrogens with zero attached hydrogens (tertiary/aromatic N) is 3. The molecule has 1 saturated carbocycles. The number of rotatable bonds is 4. The van der Waals surface area contributed by atoms with Gasteiger partial charge in [-0.3, -0.25) is 4.79 Å². The van der Waals surface area contributed by atoms with Gasteiger partial charge >= 0.3 is 0 Å². The molecule has 1 aliphatic rings. The van der Waals surface area contributed by atoms with Crippen LogP contribution in [0.15, 0.2) is 30.5 Å². The standard InChI is InChI=1S/C16H19FN4O2/c17-12-6-2-3-7-13(12)18-15(22)11-21-10-14(19-20-21)16(23)8-4-1-5-9-16/h2-3,6-7,10,23H,1,4-5,8-9,11H2,(H,18,22). The Labute approximate surface area is 133 Å². The van der Waals surface area contributed by atoms with Crippen molar-refractivity contribution in [1.82, 2.24) is 15.0 Å². The van der Waals surface area contributed by atoms with Crippen molar-refractivity contribution in [2.24, 2.45) is 0 Å². The third-order valence-corrected chi connectivity index (χ3v) is 4.15. The van der Waals surface area contributed by atoms with Crippen LogP contribution in [0.25, 0.3) is 0 Å². The molecule has 0 aliphatic heterocycles. The van der Waals surface area contributed by atoms with E-state index in [1.807, 2.05) is 0 Å². The number of hydrogen-bond acceptors (Lipinski definition) is 4. The zero-order valence-electron chi connectivity index (χ0n) is 12.7. The van der Waals surface area contributed by atoms with Gasteiger partial charge in [0.1, 0.15) is 23.7 Å². The van der Waals surface area contributed by atoms with Crippen molar-refractivity contribution in [1.29, 1.82) is 0 Å². The van der Waals surface area contributed by atoms with Gasteiger partial charge in [0.2, 0.25) is 5.91 Å². The van der Waals surface area contributed by atoms with E-state index in [9.17, 15) is 14.3 Å². The number of nitrogens with one attached hydrogen (secondary N) is 1. The molecule has 1 aromatic carbocycles. The molecule has 23 heavy (non-hydrogen) atoms. The summed E-state index contributed by atoms with van der Waals surface area (Å²) in [5.74, 6) is -0.890. The molecule has 7 heteroatoms. The Morgan fingerprint density at radius 1 is 1.30 bits per heavy atom. The summed E-state index contributed by atoms with van der Waals surface area (Å²) in [6.07, 6.45) is 5.93. The molecule has 0 bridgehead atoms. The van der Waals surface area contributed by atoms with E-state index >= 15 is 0 Å². The molecule has 1 aromatic heterocycles. The molecule has 0 radical (unpaired) electrons. The van der Waals surface area contributed by atoms with Gasteiger partial charge in [-0.05, 0) is 25.0 Å². The molecule has 2 aromatic rings. The molecule has 0 unspecified atom stereocenters. The second kappa shape index (κ2) is 6.45. The monoisotopic (exact) mass is 318 g/mol. The van der Waals surface area contributed by atoms with Gasteiger partial charge in [0.25, 0.3) is 0 Å². The summed E-state index contributed by atoms with van der Waals surface area (Å²) in [6, 6.07) is 5.97. The van der Waals surface area contributed by atoms with Crippen molar-refractivity contribution in [2.45, 2.75) is 44.2 Å². The molecule has 1 fully saturated rings. The van der Waals surface area contributed by atoms with Gasteiger partial charge in [-0.25, -0.2) is 9.07 Å². The number of anilines is 1. The van der Waals surface area contributed by atoms with E-state index in [2.05, 4.69) is 15.6 Å². The normalized spacial score (nSPS) is 17.0. The predicted octanol–water partition coefficient (Wildman–Crippen LogP) is 2.21. The van der Waals surface area contributed by atoms with Crippen LogP contribution in [-0.4, -0.2) is 26.0 Å². The lowest BCUT2D eigenvalue weighted by Gasteiger charge is -2.29. The van der Waals surface area contributed by atoms with E-state index < -0.39 is 17.3 Å². The first-order valence-corrected chi connectivity index (χ1v) is 7.74. The lowest BCUT2D eigenvalue weighted by molar-refractivity contribution is -0.117. The third kappa shape index (κ3) is 3.56. The van der Waals surface area contributed by atoms with Gasteiger partial charge in [-0.2, -0.15) is 0 Å². The second-order valence-corrected chi connectivity index (χ2v) is 5.92. The van der Waals surface area contributed by atoms with Crippen LogP contribution in [0, 0.1) is 5.82 Å². The molecular weight excluding hydrogens is 299 g/mol. The minimum absolute atomic E-state index is 0.0859. The number of aliphatic hydroxyl groups is 1. The number of para-hydroxylation sites is 1. The van der Waals surface area contributed by atoms with Crippen LogP contribution in [0.2, 0.25) is 0 Å². The van der Waals surface area contributed by atoms with E-state index in [1.165, 1.54) is 16.8 Å². The Bertz CT molecular complexity index is 695. The van der Waals surface area contributed by atoms with Crippen molar-refractivity contribution in [3.63, 3.8) is 0 Å². The van der Waals surface area contributed by atoms with Crippen LogP contribution in [0.4, 0.5) is 10.1 Å². The number of amides is 1. The van der Waals surface area contributed by atoms with Gasteiger partial charge in [0.05, 0.1) is 11.9 Å². The van der Waals surface area contributed by atoms with Crippen LogP contribution in [0.1, 0.15) is 37.8 Å². The SMILES string of the molecule is O=C(Cn1cc(C2(O)CCCCC2)nn1)Nc1ccccc1F. The summed E-state index contributed by atoms with van der Waals surface area (Å²) in [4.78, 5) is 12.0. The lowest BCUT2D eigenvalue weighted by atomic mass is 9.83. The van der Waals surface area contributed by atoms with Crippen molar-refractivity contribution < 1.29 is 14.3 Å². The highest BCUT2D eigenvalue weighted by atomic mass is 19.1. The largest absolute Gasteiger partial charge is 0.383 e. The van der Waals surface area contributed by atoms with E-state index in [0.29, 0.717) is 18.5 Å². The van der Waals surface area contributed by atoms with Gasteiger partial charge < -0.3 is 10.4 Å². The summed E-state index contributed by atoms with van der Waals surface area (Å²) in [7, 11) is 0. The first kappa shape index (κ1) is 15.6. The van der Waals surface area contributed by atoms with Crippen molar-refractivity contribution in [2.75, 3.05) is 5.32 Å². The van der Waals surface area contributed by atoms with Crippen LogP contribution >= 0.6 is 0 Å². The molecular formula is C16H19FN4O2. The fourth-order valence-corrected chi connectivity index (χ4v) is 2.88. The molecule has 1 aliphatic carbocycles. The van der Waals surface area contributed by atoms with Crippen LogP contribution < -0.4 is 5.32 Å². The van der Waals surface area contributed by atoms with E-state index in [-0.39, 0.29) is 12.2 Å². The molecule has 2 N–H and O–H groups in total. The first-order chi connectivity index (χ1) is 11.1. The average Bonchev–Trinajstić information content (AvgIpc) is 2.99. The van der Waals surface area contributed by atoms with E-state index in [0.717, 1.165) is 19.3 Å². The molecule has 3 rings (SSSR count). The smallest absolute Gasteiger partial charge is 0.246 e. The molecule has 0 saturated heterocycles. The first-order valence-electron chi connectivity index (χ1n) is 7.74. The third-order valence-electron chi connectivity index (χ3n) is 4.15. The predicted molar refractivity (Wildman–Crippen MR) is 82.0 cm³/mol. The Hall–Kier alpha value is -2.28. The highest BCUT2D eigenvalue weighted by Gasteiger charge is 2.34. The maximum Gasteiger partial charge on any atom is 0.246 e. The molecule has 0 atom stereocenters. The van der Waals surface area contributed by atoms with Gasteiger partial charge in [-0.1, -0.05) is 36.6 Å². The van der Waals surface area contributed by atoms with Crippen LogP contribution in [0.5, 0.6) is 0 Å². The molecule has 6 nitrogen and oxygen atoms in total. The highest BCUT2D eigenvalue weighted by Crippen LogP contribution is 2.35. The van der Waals surface area contributed by atoms with Gasteiger partial charge in [0, 0.05) is 0 Å². The van der Waals surface area contributed by atoms with Gasteiger partial charge in [0.15, 0.2) is 0 Å². The molecule has 0 spiro atoms.